The summed E-state index contributed by atoms with van der Waals surface area (Å²) >= 11 is 0. The zero-order valence-corrected chi connectivity index (χ0v) is 26.5. The number of amides is 2. The fraction of sp³-hybridized carbons (Fsp3) is 0.250. The summed E-state index contributed by atoms with van der Waals surface area (Å²) in [5.41, 5.74) is 8.28. The molecule has 4 heteroatoms. The molecule has 4 aromatic rings. The third kappa shape index (κ3) is 5.65. The molecule has 0 bridgehead atoms. The summed E-state index contributed by atoms with van der Waals surface area (Å²) in [6, 6.07) is 37.0. The van der Waals surface area contributed by atoms with Gasteiger partial charge in [0.05, 0.1) is 22.5 Å². The Bertz CT molecular complexity index is 1630. The highest BCUT2D eigenvalue weighted by molar-refractivity contribution is 6.30. The number of nitrogens with zero attached hydrogens (tertiary/aromatic N) is 2. The van der Waals surface area contributed by atoms with Crippen LogP contribution >= 0.6 is 0 Å². The lowest BCUT2D eigenvalue weighted by Gasteiger charge is -2.32. The van der Waals surface area contributed by atoms with Gasteiger partial charge in [-0.2, -0.15) is 0 Å². The SMILES string of the molecule is CC(C)(C)CN1C(=O)C2=C(c3ccc(-c4ccccc4)cc3)N(CC(C)(C)C)C(=O)C2=C1c1ccc(-c2ccccc2)cc1. The van der Waals surface area contributed by atoms with E-state index in [1.807, 2.05) is 70.5 Å². The van der Waals surface area contributed by atoms with Crippen LogP contribution in [0.25, 0.3) is 33.6 Å². The molecular formula is C40H40N2O2. The first kappa shape index (κ1) is 29.4. The first-order valence-electron chi connectivity index (χ1n) is 15.4. The monoisotopic (exact) mass is 580 g/mol. The van der Waals surface area contributed by atoms with Gasteiger partial charge in [-0.3, -0.25) is 9.59 Å². The van der Waals surface area contributed by atoms with Gasteiger partial charge in [-0.05, 0) is 44.2 Å². The molecule has 0 aromatic heterocycles. The van der Waals surface area contributed by atoms with Crippen LogP contribution in [0.15, 0.2) is 120 Å². The molecule has 0 saturated heterocycles. The van der Waals surface area contributed by atoms with E-state index < -0.39 is 0 Å². The molecule has 2 aliphatic rings. The Balaban J connectivity index is 1.53. The van der Waals surface area contributed by atoms with Crippen LogP contribution in [0.3, 0.4) is 0 Å². The zero-order chi connectivity index (χ0) is 31.2. The summed E-state index contributed by atoms with van der Waals surface area (Å²) < 4.78 is 0. The van der Waals surface area contributed by atoms with Crippen molar-refractivity contribution in [2.24, 2.45) is 10.8 Å². The van der Waals surface area contributed by atoms with Crippen LogP contribution < -0.4 is 0 Å². The number of carbonyl (C=O) groups is 2. The minimum atomic E-state index is -0.170. The third-order valence-corrected chi connectivity index (χ3v) is 7.98. The van der Waals surface area contributed by atoms with Gasteiger partial charge in [-0.25, -0.2) is 0 Å². The molecule has 2 amide bonds. The fourth-order valence-electron chi connectivity index (χ4n) is 6.15. The van der Waals surface area contributed by atoms with E-state index in [4.69, 9.17) is 0 Å². The van der Waals surface area contributed by atoms with Crippen molar-refractivity contribution in [1.29, 1.82) is 0 Å². The largest absolute Gasteiger partial charge is 0.306 e. The van der Waals surface area contributed by atoms with E-state index >= 15 is 0 Å². The molecule has 4 nitrogen and oxygen atoms in total. The molecule has 0 N–H and O–H groups in total. The van der Waals surface area contributed by atoms with Gasteiger partial charge in [0.25, 0.3) is 11.8 Å². The van der Waals surface area contributed by atoms with Crippen molar-refractivity contribution in [3.8, 4) is 22.3 Å². The molecular weight excluding hydrogens is 540 g/mol. The molecule has 4 aromatic carbocycles. The maximum absolute atomic E-state index is 14.5. The Morgan fingerprint density at radius 1 is 0.409 bits per heavy atom. The molecule has 6 rings (SSSR count). The van der Waals surface area contributed by atoms with E-state index in [9.17, 15) is 9.59 Å². The Morgan fingerprint density at radius 2 is 0.682 bits per heavy atom. The van der Waals surface area contributed by atoms with Gasteiger partial charge in [0, 0.05) is 13.1 Å². The summed E-state index contributed by atoms with van der Waals surface area (Å²) in [5.74, 6) is -0.215. The van der Waals surface area contributed by atoms with E-state index in [1.165, 1.54) is 0 Å². The molecule has 0 radical (unpaired) electrons. The lowest BCUT2D eigenvalue weighted by molar-refractivity contribution is -0.124. The second-order valence-electron chi connectivity index (χ2n) is 14.2. The standard InChI is InChI=1S/C40H40N2O2/c1-39(2,3)25-41-35(31-21-17-29(18-22-31)27-13-9-7-10-14-27)33-34(37(41)43)36(42(38(33)44)26-40(4,5)6)32-23-19-30(20-24-32)28-15-11-8-12-16-28/h7-24H,25-26H2,1-6H3. The van der Waals surface area contributed by atoms with Gasteiger partial charge in [-0.1, -0.05) is 151 Å². The van der Waals surface area contributed by atoms with E-state index in [2.05, 4.69) is 90.1 Å². The Hall–Kier alpha value is -4.70. The van der Waals surface area contributed by atoms with Crippen molar-refractivity contribution >= 4 is 23.2 Å². The second-order valence-corrected chi connectivity index (χ2v) is 14.2. The Kier molecular flexibility index (Phi) is 7.41. The fourth-order valence-corrected chi connectivity index (χ4v) is 6.15. The average Bonchev–Trinajstić information content (AvgIpc) is 3.42. The highest BCUT2D eigenvalue weighted by Crippen LogP contribution is 2.48. The second kappa shape index (κ2) is 11.1. The van der Waals surface area contributed by atoms with Gasteiger partial charge in [0.15, 0.2) is 0 Å². The van der Waals surface area contributed by atoms with Crippen molar-refractivity contribution < 1.29 is 9.59 Å². The van der Waals surface area contributed by atoms with Crippen LogP contribution in [0, 0.1) is 10.8 Å². The maximum atomic E-state index is 14.5. The molecule has 0 unspecified atom stereocenters. The summed E-state index contributed by atoms with van der Waals surface area (Å²) in [6.07, 6.45) is 0. The zero-order valence-electron chi connectivity index (χ0n) is 26.5. The quantitative estimate of drug-likeness (QED) is 0.228. The van der Waals surface area contributed by atoms with Crippen molar-refractivity contribution in [1.82, 2.24) is 9.80 Å². The van der Waals surface area contributed by atoms with Crippen molar-refractivity contribution in [3.63, 3.8) is 0 Å². The van der Waals surface area contributed by atoms with Gasteiger partial charge < -0.3 is 9.80 Å². The minimum absolute atomic E-state index is 0.107. The Morgan fingerprint density at radius 3 is 0.977 bits per heavy atom. The van der Waals surface area contributed by atoms with E-state index in [-0.39, 0.29) is 22.6 Å². The van der Waals surface area contributed by atoms with Crippen LogP contribution in [0.2, 0.25) is 0 Å². The Labute approximate surface area is 261 Å². The first-order chi connectivity index (χ1) is 20.9. The number of rotatable bonds is 6. The predicted octanol–water partition coefficient (Wildman–Crippen LogP) is 8.92. The summed E-state index contributed by atoms with van der Waals surface area (Å²) in [7, 11) is 0. The summed E-state index contributed by atoms with van der Waals surface area (Å²) in [6.45, 7) is 13.8. The third-order valence-electron chi connectivity index (χ3n) is 7.98. The molecule has 0 atom stereocenters. The van der Waals surface area contributed by atoms with Crippen LogP contribution in [-0.4, -0.2) is 34.7 Å². The molecule has 2 aliphatic heterocycles. The van der Waals surface area contributed by atoms with Crippen molar-refractivity contribution in [2.45, 2.75) is 41.5 Å². The van der Waals surface area contributed by atoms with E-state index in [1.54, 1.807) is 0 Å². The molecule has 0 saturated carbocycles. The normalized spacial score (nSPS) is 15.5. The van der Waals surface area contributed by atoms with Crippen LogP contribution in [0.5, 0.6) is 0 Å². The highest BCUT2D eigenvalue weighted by atomic mass is 16.2. The van der Waals surface area contributed by atoms with Crippen molar-refractivity contribution in [2.75, 3.05) is 13.1 Å². The lowest BCUT2D eigenvalue weighted by Crippen LogP contribution is -2.37. The van der Waals surface area contributed by atoms with Gasteiger partial charge in [-0.15, -0.1) is 0 Å². The van der Waals surface area contributed by atoms with Gasteiger partial charge in [0.1, 0.15) is 0 Å². The summed E-state index contributed by atoms with van der Waals surface area (Å²) in [4.78, 5) is 32.7. The number of hydrogen-bond acceptors (Lipinski definition) is 2. The topological polar surface area (TPSA) is 40.6 Å². The van der Waals surface area contributed by atoms with Gasteiger partial charge in [0.2, 0.25) is 0 Å². The molecule has 0 fully saturated rings. The van der Waals surface area contributed by atoms with E-state index in [0.29, 0.717) is 35.6 Å². The van der Waals surface area contributed by atoms with Crippen LogP contribution in [0.4, 0.5) is 0 Å². The molecule has 0 spiro atoms. The molecule has 0 aliphatic carbocycles. The average molecular weight is 581 g/mol. The van der Waals surface area contributed by atoms with E-state index in [0.717, 1.165) is 33.4 Å². The lowest BCUT2D eigenvalue weighted by atomic mass is 9.94. The molecule has 222 valence electrons. The number of hydrogen-bond donors (Lipinski definition) is 0. The number of carbonyl (C=O) groups excluding carboxylic acids is 2. The van der Waals surface area contributed by atoms with Crippen LogP contribution in [0.1, 0.15) is 52.7 Å². The summed E-state index contributed by atoms with van der Waals surface area (Å²) in [5, 5.41) is 0. The first-order valence-corrected chi connectivity index (χ1v) is 15.4. The minimum Gasteiger partial charge on any atom is -0.306 e. The predicted molar refractivity (Wildman–Crippen MR) is 180 cm³/mol. The smallest absolute Gasteiger partial charge is 0.261 e. The number of fused-ring (bicyclic) bond motifs is 1. The highest BCUT2D eigenvalue weighted by Gasteiger charge is 2.50. The number of benzene rings is 4. The van der Waals surface area contributed by atoms with Crippen molar-refractivity contribution in [3.05, 3.63) is 131 Å². The van der Waals surface area contributed by atoms with Gasteiger partial charge >= 0.3 is 0 Å². The molecule has 2 heterocycles. The molecule has 44 heavy (non-hydrogen) atoms. The van der Waals surface area contributed by atoms with Crippen LogP contribution in [-0.2, 0) is 9.59 Å². The maximum Gasteiger partial charge on any atom is 0.261 e.